The minimum Gasteiger partial charge on any atom is -0.453 e. The van der Waals surface area contributed by atoms with Crippen LogP contribution in [0.1, 0.15) is 57.6 Å². The molecule has 7 nitrogen and oxygen atoms in total. The molecule has 3 unspecified atom stereocenters. The molecule has 7 heteroatoms. The Morgan fingerprint density at radius 1 is 1.38 bits per heavy atom. The highest BCUT2D eigenvalue weighted by molar-refractivity contribution is 5.94. The minimum atomic E-state index is -0.906. The summed E-state index contributed by atoms with van der Waals surface area (Å²) in [6.07, 6.45) is 4.95. The van der Waals surface area contributed by atoms with Crippen molar-refractivity contribution in [3.63, 3.8) is 0 Å². The zero-order valence-corrected chi connectivity index (χ0v) is 15.3. The summed E-state index contributed by atoms with van der Waals surface area (Å²) in [6.45, 7) is 3.28. The quantitative estimate of drug-likeness (QED) is 0.781. The zero-order valence-electron chi connectivity index (χ0n) is 15.3. The van der Waals surface area contributed by atoms with Gasteiger partial charge in [0.2, 0.25) is 0 Å². The molecule has 1 aromatic rings. The Bertz CT molecular complexity index is 713. The number of aliphatic hydroxyl groups is 1. The van der Waals surface area contributed by atoms with Crippen molar-refractivity contribution in [2.24, 2.45) is 17.3 Å². The molecule has 4 fully saturated rings. The summed E-state index contributed by atoms with van der Waals surface area (Å²) in [6, 6.07) is 1.60. The molecule has 0 aliphatic heterocycles. The second-order valence-corrected chi connectivity index (χ2v) is 8.81. The van der Waals surface area contributed by atoms with Crippen LogP contribution in [0.2, 0.25) is 0 Å². The molecule has 0 spiro atoms. The van der Waals surface area contributed by atoms with E-state index in [0.29, 0.717) is 29.8 Å². The number of amides is 1. The lowest BCUT2D eigenvalue weighted by atomic mass is 9.47. The molecule has 1 amide bonds. The van der Waals surface area contributed by atoms with Gasteiger partial charge >= 0.3 is 5.97 Å². The van der Waals surface area contributed by atoms with Crippen molar-refractivity contribution in [1.82, 2.24) is 5.16 Å². The van der Waals surface area contributed by atoms with Gasteiger partial charge in [0.1, 0.15) is 5.76 Å². The van der Waals surface area contributed by atoms with Crippen LogP contribution in [0.3, 0.4) is 0 Å². The van der Waals surface area contributed by atoms with E-state index in [1.807, 2.05) is 0 Å². The van der Waals surface area contributed by atoms with Crippen molar-refractivity contribution in [3.05, 3.63) is 11.8 Å². The summed E-state index contributed by atoms with van der Waals surface area (Å²) in [5, 5.41) is 17.1. The van der Waals surface area contributed by atoms with Crippen molar-refractivity contribution >= 4 is 17.7 Å². The summed E-state index contributed by atoms with van der Waals surface area (Å²) >= 11 is 0. The summed E-state index contributed by atoms with van der Waals surface area (Å²) in [5.74, 6) is 1.13. The predicted molar refractivity (Wildman–Crippen MR) is 92.1 cm³/mol. The van der Waals surface area contributed by atoms with Gasteiger partial charge in [-0.3, -0.25) is 9.59 Å². The van der Waals surface area contributed by atoms with Gasteiger partial charge in [0.25, 0.3) is 5.91 Å². The number of aryl methyl sites for hydroxylation is 1. The third kappa shape index (κ3) is 3.37. The topological polar surface area (TPSA) is 102 Å². The molecular weight excluding hydrogens is 336 g/mol. The number of carbonyl (C=O) groups is 2. The molecule has 0 radical (unpaired) electrons. The number of hydrogen-bond acceptors (Lipinski definition) is 6. The first-order valence-corrected chi connectivity index (χ1v) is 9.40. The van der Waals surface area contributed by atoms with Gasteiger partial charge < -0.3 is 19.7 Å². The lowest BCUT2D eigenvalue weighted by Crippen LogP contribution is -2.56. The number of nitrogens with zero attached hydrogens (tertiary/aromatic N) is 1. The van der Waals surface area contributed by atoms with Crippen molar-refractivity contribution in [2.75, 3.05) is 5.32 Å². The summed E-state index contributed by atoms with van der Waals surface area (Å²) in [5.41, 5.74) is -0.756. The molecule has 4 aliphatic rings. The fourth-order valence-corrected chi connectivity index (χ4v) is 5.86. The average molecular weight is 362 g/mol. The maximum absolute atomic E-state index is 12.5. The number of ether oxygens (including phenoxy) is 1. The Hall–Kier alpha value is -1.89. The second kappa shape index (κ2) is 6.08. The van der Waals surface area contributed by atoms with Crippen LogP contribution in [0.25, 0.3) is 0 Å². The van der Waals surface area contributed by atoms with Crippen LogP contribution in [0.4, 0.5) is 5.82 Å². The van der Waals surface area contributed by atoms with E-state index < -0.39 is 17.6 Å². The van der Waals surface area contributed by atoms with Gasteiger partial charge in [-0.2, -0.15) is 0 Å². The number of aromatic nitrogens is 1. The van der Waals surface area contributed by atoms with Crippen LogP contribution in [0.5, 0.6) is 0 Å². The molecule has 142 valence electrons. The number of nitrogens with one attached hydrogen (secondary N) is 1. The van der Waals surface area contributed by atoms with Gasteiger partial charge in [-0.1, -0.05) is 5.16 Å². The third-order valence-electron chi connectivity index (χ3n) is 6.23. The highest BCUT2D eigenvalue weighted by Gasteiger charge is 2.57. The minimum absolute atomic E-state index is 0.157. The summed E-state index contributed by atoms with van der Waals surface area (Å²) in [7, 11) is 0. The maximum Gasteiger partial charge on any atom is 0.307 e. The van der Waals surface area contributed by atoms with E-state index in [0.717, 1.165) is 25.7 Å². The van der Waals surface area contributed by atoms with E-state index in [-0.39, 0.29) is 17.8 Å². The van der Waals surface area contributed by atoms with E-state index in [4.69, 9.17) is 9.26 Å². The van der Waals surface area contributed by atoms with E-state index in [1.54, 1.807) is 19.9 Å². The van der Waals surface area contributed by atoms with Gasteiger partial charge in [0, 0.05) is 6.07 Å². The van der Waals surface area contributed by atoms with E-state index >= 15 is 0 Å². The first kappa shape index (κ1) is 17.5. The van der Waals surface area contributed by atoms with Crippen molar-refractivity contribution in [3.8, 4) is 0 Å². The number of esters is 1. The maximum atomic E-state index is 12.5. The molecule has 0 aromatic carbocycles. The lowest BCUT2D eigenvalue weighted by molar-refractivity contribution is -0.179. The first-order valence-electron chi connectivity index (χ1n) is 9.40. The Morgan fingerprint density at radius 2 is 2.08 bits per heavy atom. The molecule has 5 rings (SSSR count). The molecule has 4 bridgehead atoms. The summed E-state index contributed by atoms with van der Waals surface area (Å²) < 4.78 is 10.3. The van der Waals surface area contributed by atoms with Crippen molar-refractivity contribution in [2.45, 2.75) is 70.5 Å². The van der Waals surface area contributed by atoms with Gasteiger partial charge in [0.05, 0.1) is 12.0 Å². The number of rotatable bonds is 5. The smallest absolute Gasteiger partial charge is 0.307 e. The van der Waals surface area contributed by atoms with Crippen molar-refractivity contribution in [1.29, 1.82) is 0 Å². The molecule has 2 N–H and O–H groups in total. The molecule has 1 heterocycles. The Kier molecular flexibility index (Phi) is 4.10. The van der Waals surface area contributed by atoms with Crippen LogP contribution in [-0.4, -0.2) is 33.8 Å². The van der Waals surface area contributed by atoms with Gasteiger partial charge in [-0.25, -0.2) is 0 Å². The molecule has 26 heavy (non-hydrogen) atoms. The van der Waals surface area contributed by atoms with Crippen LogP contribution < -0.4 is 5.32 Å². The lowest BCUT2D eigenvalue weighted by Gasteiger charge is -2.60. The Labute approximate surface area is 152 Å². The molecule has 4 aliphatic carbocycles. The summed E-state index contributed by atoms with van der Waals surface area (Å²) in [4.78, 5) is 24.6. The fourth-order valence-electron chi connectivity index (χ4n) is 5.86. The average Bonchev–Trinajstić information content (AvgIpc) is 2.88. The molecule has 1 aromatic heterocycles. The molecule has 3 atom stereocenters. The molecule has 4 saturated carbocycles. The van der Waals surface area contributed by atoms with Crippen LogP contribution in [0.15, 0.2) is 10.6 Å². The van der Waals surface area contributed by atoms with E-state index in [2.05, 4.69) is 10.5 Å². The Morgan fingerprint density at radius 3 is 2.65 bits per heavy atom. The predicted octanol–water partition coefficient (Wildman–Crippen LogP) is 2.57. The number of anilines is 1. The highest BCUT2D eigenvalue weighted by Crippen LogP contribution is 2.62. The molecule has 0 saturated heterocycles. The third-order valence-corrected chi connectivity index (χ3v) is 6.23. The SMILES string of the molecule is Cc1cc(NC(=O)C(C)OC(=O)CC23CC4CC(CC(O)(C4)C2)C3)no1. The van der Waals surface area contributed by atoms with Gasteiger partial charge in [0.15, 0.2) is 11.9 Å². The van der Waals surface area contributed by atoms with E-state index in [1.165, 1.54) is 6.42 Å². The van der Waals surface area contributed by atoms with Gasteiger partial charge in [-0.05, 0) is 69.6 Å². The number of carbonyl (C=O) groups excluding carboxylic acids is 2. The monoisotopic (exact) mass is 362 g/mol. The van der Waals surface area contributed by atoms with Crippen LogP contribution in [-0.2, 0) is 14.3 Å². The largest absolute Gasteiger partial charge is 0.453 e. The van der Waals surface area contributed by atoms with Crippen molar-refractivity contribution < 1.29 is 24.0 Å². The normalized spacial score (nSPS) is 36.0. The Balaban J connectivity index is 1.34. The van der Waals surface area contributed by atoms with Crippen LogP contribution in [0, 0.1) is 24.2 Å². The molecular formula is C19H26N2O5. The fraction of sp³-hybridized carbons (Fsp3) is 0.737. The number of hydrogen-bond donors (Lipinski definition) is 2. The highest BCUT2D eigenvalue weighted by atomic mass is 16.5. The van der Waals surface area contributed by atoms with Gasteiger partial charge in [-0.15, -0.1) is 0 Å². The first-order chi connectivity index (χ1) is 12.2. The van der Waals surface area contributed by atoms with Crippen LogP contribution >= 0.6 is 0 Å². The van der Waals surface area contributed by atoms with E-state index in [9.17, 15) is 14.7 Å². The standard InChI is InChI=1S/C19H26N2O5/c1-11-3-15(21-26-11)20-17(23)12(2)25-16(22)9-18-5-13-4-14(6-18)8-19(24,7-13)10-18/h3,12-14,24H,4-10H2,1-2H3,(H,20,21,23). The second-order valence-electron chi connectivity index (χ2n) is 8.81. The zero-order chi connectivity index (χ0) is 18.5.